The number of aliphatic imine (C=N–C) groups is 1. The van der Waals surface area contributed by atoms with Crippen LogP contribution in [0.4, 0.5) is 10.7 Å². The fourth-order valence-corrected chi connectivity index (χ4v) is 3.90. The molecule has 30 heavy (non-hydrogen) atoms. The fourth-order valence-electron chi connectivity index (χ4n) is 3.90. The van der Waals surface area contributed by atoms with Crippen LogP contribution in [0, 0.1) is 13.8 Å². The zero-order chi connectivity index (χ0) is 21.7. The van der Waals surface area contributed by atoms with Crippen molar-refractivity contribution in [3.8, 4) is 11.4 Å². The highest BCUT2D eigenvalue weighted by Crippen LogP contribution is 2.33. The van der Waals surface area contributed by atoms with Gasteiger partial charge in [-0.25, -0.2) is 9.36 Å². The van der Waals surface area contributed by atoms with Crippen LogP contribution in [0.1, 0.15) is 24.4 Å². The molecule has 1 atom stereocenters. The Morgan fingerprint density at radius 1 is 1.23 bits per heavy atom. The van der Waals surface area contributed by atoms with E-state index in [9.17, 15) is 14.4 Å². The number of aromatic nitrogens is 2. The van der Waals surface area contributed by atoms with Crippen molar-refractivity contribution in [2.24, 2.45) is 10.7 Å². The summed E-state index contributed by atoms with van der Waals surface area (Å²) in [5.74, 6) is 0.334. The number of likely N-dealkylation sites (N-methyl/N-ethyl adjacent to an activating group) is 1. The van der Waals surface area contributed by atoms with Gasteiger partial charge in [0.2, 0.25) is 17.8 Å². The van der Waals surface area contributed by atoms with Crippen LogP contribution >= 0.6 is 0 Å². The van der Waals surface area contributed by atoms with E-state index in [0.717, 1.165) is 27.7 Å². The molecular formula is C20H23N6O4+. The maximum absolute atomic E-state index is 13.1. The number of nitrogens with zero attached hydrogens (tertiary/aromatic N) is 5. The number of hydrogen-bond donors (Lipinski definition) is 1. The molecule has 10 heteroatoms. The van der Waals surface area contributed by atoms with E-state index >= 15 is 0 Å². The predicted molar refractivity (Wildman–Crippen MR) is 107 cm³/mol. The molecule has 0 saturated carbocycles. The highest BCUT2D eigenvalue weighted by molar-refractivity contribution is 6.19. The van der Waals surface area contributed by atoms with Crippen molar-refractivity contribution >= 4 is 29.6 Å². The van der Waals surface area contributed by atoms with E-state index in [1.807, 2.05) is 49.6 Å². The van der Waals surface area contributed by atoms with Crippen molar-refractivity contribution in [1.29, 1.82) is 0 Å². The van der Waals surface area contributed by atoms with E-state index in [1.165, 1.54) is 11.9 Å². The highest BCUT2D eigenvalue weighted by Gasteiger charge is 2.54. The second-order valence-electron chi connectivity index (χ2n) is 7.21. The Kier molecular flexibility index (Phi) is 4.56. The van der Waals surface area contributed by atoms with Gasteiger partial charge < -0.3 is 10.5 Å². The minimum atomic E-state index is -0.829. The van der Waals surface area contributed by atoms with E-state index in [1.54, 1.807) is 4.57 Å². The highest BCUT2D eigenvalue weighted by atomic mass is 16.5. The smallest absolute Gasteiger partial charge is 0.407 e. The van der Waals surface area contributed by atoms with Crippen LogP contribution in [-0.4, -0.2) is 58.2 Å². The normalized spacial score (nSPS) is 17.7. The van der Waals surface area contributed by atoms with E-state index in [2.05, 4.69) is 4.99 Å². The Morgan fingerprint density at radius 3 is 2.50 bits per heavy atom. The molecule has 0 radical (unpaired) electrons. The molecule has 0 spiro atoms. The molecule has 2 aliphatic heterocycles. The molecule has 2 N–H and O–H groups in total. The van der Waals surface area contributed by atoms with Crippen molar-refractivity contribution in [2.45, 2.75) is 26.8 Å². The first-order valence-corrected chi connectivity index (χ1v) is 9.58. The molecule has 2 aromatic rings. The van der Waals surface area contributed by atoms with Gasteiger partial charge in [-0.1, -0.05) is 4.99 Å². The number of carbonyl (C=O) groups is 3. The van der Waals surface area contributed by atoms with Gasteiger partial charge in [0.05, 0.1) is 6.61 Å². The fraction of sp³-hybridized carbons (Fsp3) is 0.350. The average molecular weight is 411 g/mol. The summed E-state index contributed by atoms with van der Waals surface area (Å²) in [7, 11) is 1.53. The summed E-state index contributed by atoms with van der Waals surface area (Å²) in [6.07, 6.45) is 0. The lowest BCUT2D eigenvalue weighted by Crippen LogP contribution is -2.64. The molecule has 156 valence electrons. The zero-order valence-corrected chi connectivity index (χ0v) is 17.2. The molecule has 1 fully saturated rings. The van der Waals surface area contributed by atoms with Crippen LogP contribution in [0.15, 0.2) is 29.3 Å². The average Bonchev–Trinajstić information content (AvgIpc) is 3.20. The van der Waals surface area contributed by atoms with E-state index in [0.29, 0.717) is 18.4 Å². The molecule has 4 amide bonds. The van der Waals surface area contributed by atoms with Crippen LogP contribution in [0.5, 0.6) is 5.75 Å². The molecule has 2 aliphatic rings. The summed E-state index contributed by atoms with van der Waals surface area (Å²) in [4.78, 5) is 43.9. The monoisotopic (exact) mass is 411 g/mol. The van der Waals surface area contributed by atoms with Gasteiger partial charge in [-0.05, 0) is 45.0 Å². The standard InChI is InChI=1S/C20H22N6O4/c1-5-30-14-8-6-13(7-9-14)25-11(2)12(3)26-16-17(22-19(25)26)23(4)20(29)24(18(16)28)10-15(21)27/h6-9,16H,5,10H2,1-4H3,(H-,21,27)/p+1. The lowest BCUT2D eigenvalue weighted by Gasteiger charge is -2.32. The Morgan fingerprint density at radius 2 is 1.90 bits per heavy atom. The summed E-state index contributed by atoms with van der Waals surface area (Å²) in [6.45, 7) is 5.86. The first-order valence-electron chi connectivity index (χ1n) is 9.58. The first kappa shape index (κ1) is 19.6. The molecule has 3 heterocycles. The van der Waals surface area contributed by atoms with Gasteiger partial charge >= 0.3 is 12.0 Å². The lowest BCUT2D eigenvalue weighted by molar-refractivity contribution is -0.682. The summed E-state index contributed by atoms with van der Waals surface area (Å²) in [5, 5.41) is 0. The largest absolute Gasteiger partial charge is 0.494 e. The lowest BCUT2D eigenvalue weighted by atomic mass is 10.1. The van der Waals surface area contributed by atoms with Gasteiger partial charge in [0.1, 0.15) is 29.4 Å². The SMILES string of the molecule is CCOc1ccc(-n2c(C)c(C)[n+]3c2N=C2C3C(=O)N(CC(N)=O)C(=O)N2C)cc1. The summed E-state index contributed by atoms with van der Waals surface area (Å²) < 4.78 is 9.23. The van der Waals surface area contributed by atoms with Crippen LogP contribution in [0.25, 0.3) is 5.69 Å². The van der Waals surface area contributed by atoms with Gasteiger partial charge in [0.15, 0.2) is 0 Å². The van der Waals surface area contributed by atoms with Crippen molar-refractivity contribution in [1.82, 2.24) is 14.4 Å². The maximum Gasteiger partial charge on any atom is 0.407 e. The van der Waals surface area contributed by atoms with Crippen LogP contribution < -0.4 is 15.0 Å². The molecule has 0 bridgehead atoms. The Bertz CT molecular complexity index is 1100. The van der Waals surface area contributed by atoms with Gasteiger partial charge in [-0.15, -0.1) is 0 Å². The quantitative estimate of drug-likeness (QED) is 0.731. The molecular weight excluding hydrogens is 388 g/mol. The number of amidine groups is 1. The summed E-state index contributed by atoms with van der Waals surface area (Å²) in [6, 6.07) is 6.11. The van der Waals surface area contributed by atoms with Crippen molar-refractivity contribution < 1.29 is 23.7 Å². The third kappa shape index (κ3) is 2.75. The zero-order valence-electron chi connectivity index (χ0n) is 17.2. The topological polar surface area (TPSA) is 114 Å². The third-order valence-corrected chi connectivity index (χ3v) is 5.43. The van der Waals surface area contributed by atoms with Gasteiger partial charge in [0.25, 0.3) is 5.91 Å². The number of rotatable bonds is 5. The van der Waals surface area contributed by atoms with Crippen molar-refractivity contribution in [3.05, 3.63) is 35.7 Å². The summed E-state index contributed by atoms with van der Waals surface area (Å²) in [5.41, 5.74) is 7.83. The molecule has 1 saturated heterocycles. The Hall–Kier alpha value is -3.69. The van der Waals surface area contributed by atoms with E-state index in [4.69, 9.17) is 10.5 Å². The van der Waals surface area contributed by atoms with E-state index < -0.39 is 30.4 Å². The Balaban J connectivity index is 1.83. The second-order valence-corrected chi connectivity index (χ2v) is 7.21. The molecule has 1 aromatic heterocycles. The number of carbonyl (C=O) groups excluding carboxylic acids is 3. The van der Waals surface area contributed by atoms with E-state index in [-0.39, 0.29) is 0 Å². The minimum Gasteiger partial charge on any atom is -0.494 e. The predicted octanol–water partition coefficient (Wildman–Crippen LogP) is 0.744. The molecule has 4 rings (SSSR count). The number of imidazole rings is 1. The number of primary amides is 1. The number of amides is 4. The first-order chi connectivity index (χ1) is 14.3. The van der Waals surface area contributed by atoms with Crippen LogP contribution in [0.3, 0.4) is 0 Å². The number of fused-ring (bicyclic) bond motifs is 3. The number of nitrogens with two attached hydrogens (primary N) is 1. The van der Waals surface area contributed by atoms with Crippen molar-refractivity contribution in [2.75, 3.05) is 20.2 Å². The number of hydrogen-bond acceptors (Lipinski definition) is 5. The molecule has 10 nitrogen and oxygen atoms in total. The minimum absolute atomic E-state index is 0.323. The van der Waals surface area contributed by atoms with Crippen LogP contribution in [0.2, 0.25) is 0 Å². The molecule has 0 aliphatic carbocycles. The molecule has 1 aromatic carbocycles. The number of urea groups is 1. The van der Waals surface area contributed by atoms with Gasteiger partial charge in [-0.3, -0.25) is 19.4 Å². The number of imide groups is 1. The summed E-state index contributed by atoms with van der Waals surface area (Å²) >= 11 is 0. The number of benzene rings is 1. The maximum atomic E-state index is 13.1. The van der Waals surface area contributed by atoms with Crippen LogP contribution in [-0.2, 0) is 9.59 Å². The number of ether oxygens (including phenoxy) is 1. The van der Waals surface area contributed by atoms with Crippen molar-refractivity contribution in [3.63, 3.8) is 0 Å². The third-order valence-electron chi connectivity index (χ3n) is 5.43. The van der Waals surface area contributed by atoms with Gasteiger partial charge in [0, 0.05) is 7.05 Å². The second kappa shape index (κ2) is 6.97. The van der Waals surface area contributed by atoms with Gasteiger partial charge in [-0.2, -0.15) is 4.57 Å². The molecule has 1 unspecified atom stereocenters. The Labute approximate surface area is 173 Å².